The highest BCUT2D eigenvalue weighted by atomic mass is 16.2. The molecule has 1 aromatic carbocycles. The Morgan fingerprint density at radius 1 is 1.23 bits per heavy atom. The molecular weight excluding hydrogens is 324 g/mol. The van der Waals surface area contributed by atoms with Crippen molar-refractivity contribution in [2.75, 3.05) is 18.4 Å². The van der Waals surface area contributed by atoms with Gasteiger partial charge in [-0.2, -0.15) is 0 Å². The Labute approximate surface area is 155 Å². The van der Waals surface area contributed by atoms with Crippen LogP contribution in [0, 0.1) is 19.8 Å². The van der Waals surface area contributed by atoms with Crippen LogP contribution in [0.2, 0.25) is 0 Å². The summed E-state index contributed by atoms with van der Waals surface area (Å²) in [4.78, 5) is 19.3. The van der Waals surface area contributed by atoms with Gasteiger partial charge in [0, 0.05) is 43.6 Å². The van der Waals surface area contributed by atoms with E-state index in [1.54, 1.807) is 0 Å². The third-order valence-electron chi connectivity index (χ3n) is 5.73. The van der Waals surface area contributed by atoms with Crippen molar-refractivity contribution in [3.05, 3.63) is 47.5 Å². The molecular formula is C21H28N4O. The number of nitrogens with zero attached hydrogens (tertiary/aromatic N) is 3. The van der Waals surface area contributed by atoms with Gasteiger partial charge in [-0.05, 0) is 68.7 Å². The van der Waals surface area contributed by atoms with Crippen LogP contribution in [0.5, 0.6) is 0 Å². The fourth-order valence-electron chi connectivity index (χ4n) is 3.81. The molecule has 2 fully saturated rings. The molecule has 2 aliphatic rings. The summed E-state index contributed by atoms with van der Waals surface area (Å²) in [6.07, 6.45) is 8.82. The van der Waals surface area contributed by atoms with Crippen LogP contribution in [-0.4, -0.2) is 33.6 Å². The first-order valence-electron chi connectivity index (χ1n) is 9.74. The van der Waals surface area contributed by atoms with Crippen molar-refractivity contribution in [3.8, 4) is 0 Å². The molecule has 5 heteroatoms. The van der Waals surface area contributed by atoms with Gasteiger partial charge in [-0.15, -0.1) is 0 Å². The molecule has 0 bridgehead atoms. The highest BCUT2D eigenvalue weighted by Gasteiger charge is 2.29. The number of amides is 2. The number of aromatic nitrogens is 2. The summed E-state index contributed by atoms with van der Waals surface area (Å²) in [5.74, 6) is 2.32. The summed E-state index contributed by atoms with van der Waals surface area (Å²) in [5, 5.41) is 3.06. The number of anilines is 1. The van der Waals surface area contributed by atoms with Crippen molar-refractivity contribution >= 4 is 11.7 Å². The van der Waals surface area contributed by atoms with Gasteiger partial charge in [-0.1, -0.05) is 6.07 Å². The predicted octanol–water partition coefficient (Wildman–Crippen LogP) is 4.32. The van der Waals surface area contributed by atoms with Gasteiger partial charge in [-0.3, -0.25) is 0 Å². The van der Waals surface area contributed by atoms with Gasteiger partial charge < -0.3 is 14.8 Å². The molecule has 1 aliphatic carbocycles. The Kier molecular flexibility index (Phi) is 4.70. The maximum absolute atomic E-state index is 12.7. The number of hydrogen-bond acceptors (Lipinski definition) is 2. The Hall–Kier alpha value is -2.30. The fourth-order valence-corrected chi connectivity index (χ4v) is 3.81. The molecule has 2 amide bonds. The highest BCUT2D eigenvalue weighted by Crippen LogP contribution is 2.33. The monoisotopic (exact) mass is 352 g/mol. The lowest BCUT2D eigenvalue weighted by atomic mass is 9.97. The first-order valence-corrected chi connectivity index (χ1v) is 9.74. The normalized spacial score (nSPS) is 20.2. The van der Waals surface area contributed by atoms with Gasteiger partial charge in [0.2, 0.25) is 0 Å². The summed E-state index contributed by atoms with van der Waals surface area (Å²) >= 11 is 0. The van der Waals surface area contributed by atoms with Crippen LogP contribution in [0.3, 0.4) is 0 Å². The first-order chi connectivity index (χ1) is 12.6. The van der Waals surface area contributed by atoms with E-state index in [1.807, 2.05) is 23.2 Å². The minimum Gasteiger partial charge on any atom is -0.334 e. The number of piperidine rings is 1. The average molecular weight is 352 g/mol. The largest absolute Gasteiger partial charge is 0.334 e. The quantitative estimate of drug-likeness (QED) is 0.891. The third kappa shape index (κ3) is 3.76. The number of rotatable bonds is 4. The SMILES string of the molecule is Cc1ccc(NC(=O)N2CCCC(c3nccn3CC3CC3)C2)cc1C. The maximum atomic E-state index is 12.7. The number of nitrogens with one attached hydrogen (secondary N) is 1. The number of carbonyl (C=O) groups is 1. The van der Waals surface area contributed by atoms with E-state index in [4.69, 9.17) is 0 Å². The second-order valence-electron chi connectivity index (χ2n) is 7.90. The van der Waals surface area contributed by atoms with Crippen molar-refractivity contribution in [3.63, 3.8) is 0 Å². The zero-order valence-corrected chi connectivity index (χ0v) is 15.7. The minimum atomic E-state index is -0.00162. The summed E-state index contributed by atoms with van der Waals surface area (Å²) in [5.41, 5.74) is 3.31. The van der Waals surface area contributed by atoms with Crippen LogP contribution in [-0.2, 0) is 6.54 Å². The van der Waals surface area contributed by atoms with Crippen LogP contribution >= 0.6 is 0 Å². The van der Waals surface area contributed by atoms with Gasteiger partial charge in [0.05, 0.1) is 0 Å². The van der Waals surface area contributed by atoms with E-state index in [0.717, 1.165) is 49.9 Å². The van der Waals surface area contributed by atoms with Crippen molar-refractivity contribution in [1.82, 2.24) is 14.5 Å². The Bertz CT molecular complexity index is 793. The summed E-state index contributed by atoms with van der Waals surface area (Å²) in [6, 6.07) is 6.07. The Morgan fingerprint density at radius 3 is 2.85 bits per heavy atom. The standard InChI is InChI=1S/C21H28N4O/c1-15-5-8-19(12-16(15)2)23-21(26)25-10-3-4-18(14-25)20-22-9-11-24(20)13-17-6-7-17/h5,8-9,11-12,17-18H,3-4,6-7,10,13-14H2,1-2H3,(H,23,26). The van der Waals surface area contributed by atoms with Crippen LogP contribution in [0.4, 0.5) is 10.5 Å². The zero-order valence-electron chi connectivity index (χ0n) is 15.7. The molecule has 2 heterocycles. The van der Waals surface area contributed by atoms with E-state index in [-0.39, 0.29) is 6.03 Å². The molecule has 1 aromatic heterocycles. The van der Waals surface area contributed by atoms with Crippen LogP contribution in [0.25, 0.3) is 0 Å². The van der Waals surface area contributed by atoms with E-state index in [1.165, 1.54) is 24.0 Å². The minimum absolute atomic E-state index is 0.00162. The molecule has 138 valence electrons. The molecule has 1 saturated carbocycles. The topological polar surface area (TPSA) is 50.2 Å². The van der Waals surface area contributed by atoms with Crippen molar-refractivity contribution in [1.29, 1.82) is 0 Å². The fraction of sp³-hybridized carbons (Fsp3) is 0.524. The van der Waals surface area contributed by atoms with Gasteiger partial charge >= 0.3 is 6.03 Å². The molecule has 4 rings (SSSR count). The van der Waals surface area contributed by atoms with Gasteiger partial charge in [-0.25, -0.2) is 9.78 Å². The molecule has 1 aliphatic heterocycles. The molecule has 2 aromatic rings. The molecule has 26 heavy (non-hydrogen) atoms. The summed E-state index contributed by atoms with van der Waals surface area (Å²) in [6.45, 7) is 6.80. The summed E-state index contributed by atoms with van der Waals surface area (Å²) in [7, 11) is 0. The van der Waals surface area contributed by atoms with Crippen LogP contribution in [0.15, 0.2) is 30.6 Å². The van der Waals surface area contributed by atoms with Gasteiger partial charge in [0.25, 0.3) is 0 Å². The van der Waals surface area contributed by atoms with Crippen LogP contribution in [0.1, 0.15) is 48.6 Å². The van der Waals surface area contributed by atoms with E-state index >= 15 is 0 Å². The van der Waals surface area contributed by atoms with Crippen molar-refractivity contribution in [2.24, 2.45) is 5.92 Å². The number of aryl methyl sites for hydroxylation is 2. The molecule has 0 radical (unpaired) electrons. The number of urea groups is 1. The molecule has 0 spiro atoms. The van der Waals surface area contributed by atoms with Gasteiger partial charge in [0.1, 0.15) is 5.82 Å². The van der Waals surface area contributed by atoms with E-state index in [2.05, 4.69) is 41.0 Å². The number of likely N-dealkylation sites (tertiary alicyclic amines) is 1. The number of carbonyl (C=O) groups excluding carboxylic acids is 1. The van der Waals surface area contributed by atoms with E-state index in [0.29, 0.717) is 5.92 Å². The molecule has 1 unspecified atom stereocenters. The lowest BCUT2D eigenvalue weighted by Crippen LogP contribution is -2.42. The average Bonchev–Trinajstić information content (AvgIpc) is 3.33. The smallest absolute Gasteiger partial charge is 0.321 e. The number of benzene rings is 1. The van der Waals surface area contributed by atoms with E-state index < -0.39 is 0 Å². The van der Waals surface area contributed by atoms with Crippen LogP contribution < -0.4 is 5.32 Å². The van der Waals surface area contributed by atoms with Crippen molar-refractivity contribution < 1.29 is 4.79 Å². The second-order valence-corrected chi connectivity index (χ2v) is 7.90. The molecule has 1 N–H and O–H groups in total. The maximum Gasteiger partial charge on any atom is 0.321 e. The highest BCUT2D eigenvalue weighted by molar-refractivity contribution is 5.89. The van der Waals surface area contributed by atoms with Crippen molar-refractivity contribution in [2.45, 2.75) is 52.0 Å². The third-order valence-corrected chi connectivity index (χ3v) is 5.73. The van der Waals surface area contributed by atoms with E-state index in [9.17, 15) is 4.79 Å². The molecule has 1 atom stereocenters. The lowest BCUT2D eigenvalue weighted by molar-refractivity contribution is 0.190. The predicted molar refractivity (Wildman–Crippen MR) is 103 cm³/mol. The Balaban J connectivity index is 1.42. The number of hydrogen-bond donors (Lipinski definition) is 1. The Morgan fingerprint density at radius 2 is 2.08 bits per heavy atom. The molecule has 5 nitrogen and oxygen atoms in total. The number of imidazole rings is 1. The second kappa shape index (κ2) is 7.14. The van der Waals surface area contributed by atoms with Gasteiger partial charge in [0.15, 0.2) is 0 Å². The lowest BCUT2D eigenvalue weighted by Gasteiger charge is -2.32. The molecule has 1 saturated heterocycles. The summed E-state index contributed by atoms with van der Waals surface area (Å²) < 4.78 is 2.31. The first kappa shape index (κ1) is 17.1. The zero-order chi connectivity index (χ0) is 18.1.